The molecule has 0 radical (unpaired) electrons. The fourth-order valence-corrected chi connectivity index (χ4v) is 4.37. The lowest BCUT2D eigenvalue weighted by Crippen LogP contribution is -2.54. The molecule has 1 atom stereocenters. The zero-order valence-electron chi connectivity index (χ0n) is 18.0. The van der Waals surface area contributed by atoms with Crippen molar-refractivity contribution in [2.75, 3.05) is 39.3 Å². The Morgan fingerprint density at radius 2 is 1.61 bits per heavy atom. The standard InChI is InChI=1S/C24H29N3O4/c1-2-18-7-9-19(10-8-18)22(28)25-12-14-26(15-13-25)23(29)20-5-3-11-27(17-20)24(30)21-6-4-16-31-21/h4,6-10,16,20H,2-3,5,11-15,17H2,1H3. The van der Waals surface area contributed by atoms with Crippen molar-refractivity contribution in [3.63, 3.8) is 0 Å². The van der Waals surface area contributed by atoms with Crippen molar-refractivity contribution in [2.24, 2.45) is 5.92 Å². The van der Waals surface area contributed by atoms with Gasteiger partial charge in [-0.2, -0.15) is 0 Å². The number of benzene rings is 1. The topological polar surface area (TPSA) is 74.1 Å². The lowest BCUT2D eigenvalue weighted by molar-refractivity contribution is -0.138. The van der Waals surface area contributed by atoms with Gasteiger partial charge in [0.1, 0.15) is 0 Å². The maximum Gasteiger partial charge on any atom is 0.289 e. The molecule has 0 spiro atoms. The highest BCUT2D eigenvalue weighted by atomic mass is 16.3. The highest BCUT2D eigenvalue weighted by molar-refractivity contribution is 5.94. The number of piperidine rings is 1. The molecule has 1 unspecified atom stereocenters. The van der Waals surface area contributed by atoms with Gasteiger partial charge in [-0.15, -0.1) is 0 Å². The van der Waals surface area contributed by atoms with Gasteiger partial charge >= 0.3 is 0 Å². The van der Waals surface area contributed by atoms with Crippen LogP contribution in [0, 0.1) is 5.92 Å². The number of amides is 3. The van der Waals surface area contributed by atoms with Gasteiger partial charge in [-0.3, -0.25) is 14.4 Å². The molecule has 3 heterocycles. The van der Waals surface area contributed by atoms with E-state index in [-0.39, 0.29) is 23.6 Å². The van der Waals surface area contributed by atoms with Gasteiger partial charge in [-0.05, 0) is 49.1 Å². The van der Waals surface area contributed by atoms with E-state index in [0.29, 0.717) is 50.6 Å². The van der Waals surface area contributed by atoms with Crippen molar-refractivity contribution in [3.05, 3.63) is 59.5 Å². The van der Waals surface area contributed by atoms with E-state index < -0.39 is 0 Å². The number of hydrogen-bond acceptors (Lipinski definition) is 4. The number of rotatable bonds is 4. The lowest BCUT2D eigenvalue weighted by atomic mass is 9.96. The minimum absolute atomic E-state index is 0.0163. The van der Waals surface area contributed by atoms with Crippen LogP contribution in [0.25, 0.3) is 0 Å². The van der Waals surface area contributed by atoms with Crippen LogP contribution in [0.2, 0.25) is 0 Å². The summed E-state index contributed by atoms with van der Waals surface area (Å²) in [5.41, 5.74) is 1.90. The lowest BCUT2D eigenvalue weighted by Gasteiger charge is -2.39. The Kier molecular flexibility index (Phi) is 6.39. The first kappa shape index (κ1) is 21.2. The van der Waals surface area contributed by atoms with Crippen molar-refractivity contribution in [1.82, 2.24) is 14.7 Å². The number of piperazine rings is 1. The molecule has 7 nitrogen and oxygen atoms in total. The molecule has 2 saturated heterocycles. The van der Waals surface area contributed by atoms with Crippen LogP contribution in [-0.2, 0) is 11.2 Å². The summed E-state index contributed by atoms with van der Waals surface area (Å²) < 4.78 is 5.22. The Bertz CT molecular complexity index is 915. The number of likely N-dealkylation sites (tertiary alicyclic amines) is 1. The third-order valence-electron chi connectivity index (χ3n) is 6.28. The summed E-state index contributed by atoms with van der Waals surface area (Å²) in [6.07, 6.45) is 4.01. The van der Waals surface area contributed by atoms with Crippen molar-refractivity contribution < 1.29 is 18.8 Å². The fourth-order valence-electron chi connectivity index (χ4n) is 4.37. The van der Waals surface area contributed by atoms with Crippen LogP contribution in [0.4, 0.5) is 0 Å². The molecule has 31 heavy (non-hydrogen) atoms. The zero-order chi connectivity index (χ0) is 21.8. The highest BCUT2D eigenvalue weighted by Gasteiger charge is 2.34. The summed E-state index contributed by atoms with van der Waals surface area (Å²) >= 11 is 0. The number of carbonyl (C=O) groups excluding carboxylic acids is 3. The molecule has 0 N–H and O–H groups in total. The van der Waals surface area contributed by atoms with Gasteiger partial charge in [0, 0.05) is 44.8 Å². The van der Waals surface area contributed by atoms with Gasteiger partial charge in [-0.1, -0.05) is 19.1 Å². The number of nitrogens with zero attached hydrogens (tertiary/aromatic N) is 3. The van der Waals surface area contributed by atoms with Gasteiger partial charge in [0.05, 0.1) is 12.2 Å². The predicted molar refractivity (Wildman–Crippen MR) is 116 cm³/mol. The normalized spacial score (nSPS) is 19.4. The molecule has 4 rings (SSSR count). The summed E-state index contributed by atoms with van der Waals surface area (Å²) in [6, 6.07) is 11.1. The Hall–Kier alpha value is -3.09. The molecule has 7 heteroatoms. The first-order valence-electron chi connectivity index (χ1n) is 11.1. The summed E-state index contributed by atoms with van der Waals surface area (Å²) in [5.74, 6) is 0.0506. The van der Waals surface area contributed by atoms with E-state index in [1.54, 1.807) is 17.0 Å². The monoisotopic (exact) mass is 423 g/mol. The molecule has 0 aliphatic carbocycles. The fraction of sp³-hybridized carbons (Fsp3) is 0.458. The first-order valence-corrected chi connectivity index (χ1v) is 11.1. The number of aryl methyl sites for hydroxylation is 1. The molecule has 0 bridgehead atoms. The molecule has 3 amide bonds. The molecule has 1 aromatic carbocycles. The number of carbonyl (C=O) groups is 3. The average molecular weight is 424 g/mol. The van der Waals surface area contributed by atoms with Crippen LogP contribution < -0.4 is 0 Å². The summed E-state index contributed by atoms with van der Waals surface area (Å²) in [7, 11) is 0. The SMILES string of the molecule is CCc1ccc(C(=O)N2CCN(C(=O)C3CCCN(C(=O)c4ccco4)C3)CC2)cc1. The second kappa shape index (κ2) is 9.37. The third kappa shape index (κ3) is 4.65. The molecule has 2 fully saturated rings. The Morgan fingerprint density at radius 1 is 0.903 bits per heavy atom. The number of furan rings is 1. The maximum atomic E-state index is 13.1. The van der Waals surface area contributed by atoms with Crippen LogP contribution in [0.15, 0.2) is 47.1 Å². The first-order chi connectivity index (χ1) is 15.1. The zero-order valence-corrected chi connectivity index (χ0v) is 18.0. The van der Waals surface area contributed by atoms with Crippen LogP contribution in [0.1, 0.15) is 46.2 Å². The number of hydrogen-bond donors (Lipinski definition) is 0. The Balaban J connectivity index is 1.31. The highest BCUT2D eigenvalue weighted by Crippen LogP contribution is 2.22. The molecule has 164 valence electrons. The molecule has 2 aliphatic rings. The van der Waals surface area contributed by atoms with E-state index in [1.165, 1.54) is 11.8 Å². The minimum Gasteiger partial charge on any atom is -0.459 e. The van der Waals surface area contributed by atoms with Crippen molar-refractivity contribution in [2.45, 2.75) is 26.2 Å². The Morgan fingerprint density at radius 3 is 2.26 bits per heavy atom. The van der Waals surface area contributed by atoms with Crippen molar-refractivity contribution in [1.29, 1.82) is 0 Å². The van der Waals surface area contributed by atoms with E-state index in [9.17, 15) is 14.4 Å². The Labute approximate surface area is 182 Å². The van der Waals surface area contributed by atoms with E-state index in [1.807, 2.05) is 34.1 Å². The molecule has 2 aromatic rings. The van der Waals surface area contributed by atoms with Crippen LogP contribution in [0.5, 0.6) is 0 Å². The van der Waals surface area contributed by atoms with E-state index in [0.717, 1.165) is 19.3 Å². The quantitative estimate of drug-likeness (QED) is 0.758. The van der Waals surface area contributed by atoms with Gasteiger partial charge in [0.2, 0.25) is 5.91 Å². The van der Waals surface area contributed by atoms with E-state index >= 15 is 0 Å². The van der Waals surface area contributed by atoms with E-state index in [4.69, 9.17) is 4.42 Å². The van der Waals surface area contributed by atoms with Gasteiger partial charge in [0.25, 0.3) is 11.8 Å². The minimum atomic E-state index is -0.198. The van der Waals surface area contributed by atoms with Crippen molar-refractivity contribution >= 4 is 17.7 Å². The van der Waals surface area contributed by atoms with Crippen LogP contribution in [-0.4, -0.2) is 71.7 Å². The average Bonchev–Trinajstić information content (AvgIpc) is 3.38. The van der Waals surface area contributed by atoms with E-state index in [2.05, 4.69) is 6.92 Å². The molecular weight excluding hydrogens is 394 g/mol. The molecule has 1 aromatic heterocycles. The second-order valence-corrected chi connectivity index (χ2v) is 8.24. The summed E-state index contributed by atoms with van der Waals surface area (Å²) in [5, 5.41) is 0. The largest absolute Gasteiger partial charge is 0.459 e. The maximum absolute atomic E-state index is 13.1. The van der Waals surface area contributed by atoms with Gasteiger partial charge < -0.3 is 19.1 Å². The summed E-state index contributed by atoms with van der Waals surface area (Å²) in [6.45, 7) is 5.26. The third-order valence-corrected chi connectivity index (χ3v) is 6.28. The van der Waals surface area contributed by atoms with Crippen molar-refractivity contribution in [3.8, 4) is 0 Å². The predicted octanol–water partition coefficient (Wildman–Crippen LogP) is 2.68. The van der Waals surface area contributed by atoms with Crippen LogP contribution in [0.3, 0.4) is 0 Å². The smallest absolute Gasteiger partial charge is 0.289 e. The summed E-state index contributed by atoms with van der Waals surface area (Å²) in [4.78, 5) is 43.8. The molecule has 2 aliphatic heterocycles. The van der Waals surface area contributed by atoms with Gasteiger partial charge in [0.15, 0.2) is 5.76 Å². The molecule has 0 saturated carbocycles. The molecular formula is C24H29N3O4. The van der Waals surface area contributed by atoms with Gasteiger partial charge in [-0.25, -0.2) is 0 Å². The second-order valence-electron chi connectivity index (χ2n) is 8.24. The van der Waals surface area contributed by atoms with Crippen LogP contribution >= 0.6 is 0 Å².